The molecule has 0 bridgehead atoms. The molecule has 6 heteroatoms. The molecule has 22 heavy (non-hydrogen) atoms. The van der Waals surface area contributed by atoms with Gasteiger partial charge in [-0.25, -0.2) is 23.5 Å². The molecule has 1 fully saturated rings. The largest absolute Gasteiger partial charge is 0.367 e. The van der Waals surface area contributed by atoms with Crippen LogP contribution in [0.15, 0.2) is 64.2 Å². The molecule has 3 heterocycles. The van der Waals surface area contributed by atoms with Crippen LogP contribution in [0.25, 0.3) is 5.69 Å². The Kier molecular flexibility index (Phi) is 2.80. The molecule has 0 spiro atoms. The smallest absolute Gasteiger partial charge is 0.352 e. The van der Waals surface area contributed by atoms with Crippen molar-refractivity contribution in [2.75, 3.05) is 6.61 Å². The van der Waals surface area contributed by atoms with Crippen LogP contribution >= 0.6 is 0 Å². The molecule has 0 aliphatic carbocycles. The highest BCUT2D eigenvalue weighted by Crippen LogP contribution is 2.32. The van der Waals surface area contributed by atoms with E-state index in [0.717, 1.165) is 5.57 Å². The first-order valence-electron chi connectivity index (χ1n) is 7.15. The number of para-hydroxylation sites is 1. The van der Waals surface area contributed by atoms with Crippen LogP contribution in [0, 0.1) is 0 Å². The van der Waals surface area contributed by atoms with Gasteiger partial charge in [0.15, 0.2) is 0 Å². The Morgan fingerprint density at radius 3 is 2.68 bits per heavy atom. The van der Waals surface area contributed by atoms with E-state index >= 15 is 0 Å². The molecule has 4 rings (SSSR count). The molecule has 2 aliphatic rings. The summed E-state index contributed by atoms with van der Waals surface area (Å²) < 4.78 is 9.82. The number of rotatable bonds is 2. The fourth-order valence-electron chi connectivity index (χ4n) is 3.18. The van der Waals surface area contributed by atoms with Crippen molar-refractivity contribution in [3.63, 3.8) is 0 Å². The summed E-state index contributed by atoms with van der Waals surface area (Å²) >= 11 is 0. The number of hydrogen-bond donors (Lipinski definition) is 0. The second-order valence-electron chi connectivity index (χ2n) is 5.40. The maximum Gasteiger partial charge on any atom is 0.352 e. The Morgan fingerprint density at radius 1 is 1.18 bits per heavy atom. The van der Waals surface area contributed by atoms with Crippen molar-refractivity contribution in [1.82, 2.24) is 13.9 Å². The molecule has 112 valence electrons. The van der Waals surface area contributed by atoms with Crippen LogP contribution in [0.5, 0.6) is 0 Å². The second-order valence-corrected chi connectivity index (χ2v) is 5.40. The average Bonchev–Trinajstić information content (AvgIpc) is 3.07. The maximum absolute atomic E-state index is 12.8. The minimum Gasteiger partial charge on any atom is -0.367 e. The molecular weight excluding hydrogens is 282 g/mol. The first-order chi connectivity index (χ1) is 10.7. The van der Waals surface area contributed by atoms with Crippen molar-refractivity contribution < 1.29 is 4.74 Å². The Bertz CT molecular complexity index is 886. The van der Waals surface area contributed by atoms with E-state index in [1.54, 1.807) is 30.3 Å². The lowest BCUT2D eigenvalue weighted by atomic mass is 10.0. The van der Waals surface area contributed by atoms with E-state index in [1.807, 2.05) is 12.1 Å². The molecule has 1 saturated heterocycles. The summed E-state index contributed by atoms with van der Waals surface area (Å²) in [4.78, 5) is 25.5. The van der Waals surface area contributed by atoms with Crippen LogP contribution in [0.2, 0.25) is 0 Å². The third-order valence-corrected chi connectivity index (χ3v) is 4.23. The number of benzene rings is 1. The molecule has 2 unspecified atom stereocenters. The van der Waals surface area contributed by atoms with Gasteiger partial charge >= 0.3 is 11.4 Å². The van der Waals surface area contributed by atoms with Crippen molar-refractivity contribution in [2.45, 2.75) is 18.7 Å². The number of aromatic nitrogens is 3. The SMILES string of the molecule is C=CC1OCC2=CCn3c(=O)n(-c4ccccc4)c(=O)n3C21. The fourth-order valence-corrected chi connectivity index (χ4v) is 3.18. The van der Waals surface area contributed by atoms with E-state index in [2.05, 4.69) is 6.58 Å². The van der Waals surface area contributed by atoms with E-state index in [9.17, 15) is 9.59 Å². The van der Waals surface area contributed by atoms with Gasteiger partial charge in [0.25, 0.3) is 0 Å². The first kappa shape index (κ1) is 13.1. The zero-order valence-electron chi connectivity index (χ0n) is 11.9. The lowest BCUT2D eigenvalue weighted by Crippen LogP contribution is -2.37. The van der Waals surface area contributed by atoms with Gasteiger partial charge in [-0.15, -0.1) is 6.58 Å². The molecule has 0 saturated carbocycles. The molecule has 2 atom stereocenters. The van der Waals surface area contributed by atoms with Crippen LogP contribution in [0.3, 0.4) is 0 Å². The third-order valence-electron chi connectivity index (χ3n) is 4.23. The van der Waals surface area contributed by atoms with Gasteiger partial charge in [0.1, 0.15) is 12.1 Å². The van der Waals surface area contributed by atoms with Crippen molar-refractivity contribution in [2.24, 2.45) is 0 Å². The summed E-state index contributed by atoms with van der Waals surface area (Å²) in [6.07, 6.45) is 3.35. The topological polar surface area (TPSA) is 58.2 Å². The van der Waals surface area contributed by atoms with E-state index in [-0.39, 0.29) is 23.5 Å². The molecule has 0 radical (unpaired) electrons. The fraction of sp³-hybridized carbons (Fsp3) is 0.250. The van der Waals surface area contributed by atoms with Crippen LogP contribution in [-0.4, -0.2) is 26.6 Å². The highest BCUT2D eigenvalue weighted by Gasteiger charge is 2.38. The average molecular weight is 297 g/mol. The van der Waals surface area contributed by atoms with Gasteiger partial charge in [-0.1, -0.05) is 30.4 Å². The van der Waals surface area contributed by atoms with Crippen molar-refractivity contribution in [3.05, 3.63) is 75.6 Å². The summed E-state index contributed by atoms with van der Waals surface area (Å²) in [7, 11) is 0. The number of hydrogen-bond acceptors (Lipinski definition) is 3. The van der Waals surface area contributed by atoms with Gasteiger partial charge in [0.2, 0.25) is 0 Å². The van der Waals surface area contributed by atoms with Crippen LogP contribution in [0.1, 0.15) is 6.04 Å². The number of nitrogens with zero attached hydrogens (tertiary/aromatic N) is 3. The molecule has 1 aromatic carbocycles. The van der Waals surface area contributed by atoms with Gasteiger partial charge in [0, 0.05) is 0 Å². The molecule has 6 nitrogen and oxygen atoms in total. The highest BCUT2D eigenvalue weighted by molar-refractivity contribution is 5.31. The first-order valence-corrected chi connectivity index (χ1v) is 7.15. The molecular formula is C16H15N3O3. The van der Waals surface area contributed by atoms with E-state index in [4.69, 9.17) is 4.74 Å². The molecule has 2 aromatic rings. The van der Waals surface area contributed by atoms with Gasteiger partial charge in [0.05, 0.1) is 18.8 Å². The van der Waals surface area contributed by atoms with Gasteiger partial charge in [-0.05, 0) is 17.7 Å². The minimum atomic E-state index is -0.343. The summed E-state index contributed by atoms with van der Waals surface area (Å²) in [5.74, 6) is 0. The Labute approximate surface area is 126 Å². The summed E-state index contributed by atoms with van der Waals surface area (Å²) in [6.45, 7) is 4.61. The zero-order chi connectivity index (χ0) is 15.3. The van der Waals surface area contributed by atoms with Crippen LogP contribution in [0.4, 0.5) is 0 Å². The number of fused-ring (bicyclic) bond motifs is 3. The lowest BCUT2D eigenvalue weighted by molar-refractivity contribution is 0.123. The van der Waals surface area contributed by atoms with E-state index in [0.29, 0.717) is 18.8 Å². The number of allylic oxidation sites excluding steroid dienone is 1. The molecule has 0 amide bonds. The Balaban J connectivity index is 1.97. The van der Waals surface area contributed by atoms with E-state index < -0.39 is 0 Å². The van der Waals surface area contributed by atoms with E-state index in [1.165, 1.54) is 13.9 Å². The van der Waals surface area contributed by atoms with Crippen LogP contribution in [-0.2, 0) is 11.3 Å². The zero-order valence-corrected chi connectivity index (χ0v) is 11.9. The summed E-state index contributed by atoms with van der Waals surface area (Å²) in [5, 5.41) is 0. The molecule has 2 aliphatic heterocycles. The standard InChI is InChI=1S/C16H15N3O3/c1-2-13-14-11(10-22-13)8-9-17-15(20)18(16(21)19(14)17)12-6-4-3-5-7-12/h2-8,13-14H,1,9-10H2. The normalized spacial score (nSPS) is 22.8. The third kappa shape index (κ3) is 1.64. The Hall–Kier alpha value is -2.60. The predicted octanol–water partition coefficient (Wildman–Crippen LogP) is 0.867. The Morgan fingerprint density at radius 2 is 1.95 bits per heavy atom. The maximum atomic E-state index is 12.8. The summed E-state index contributed by atoms with van der Waals surface area (Å²) in [5.41, 5.74) is 0.921. The van der Waals surface area contributed by atoms with Gasteiger partial charge in [-0.3, -0.25) is 0 Å². The quantitative estimate of drug-likeness (QED) is 0.773. The van der Waals surface area contributed by atoms with Gasteiger partial charge < -0.3 is 4.74 Å². The van der Waals surface area contributed by atoms with Gasteiger partial charge in [-0.2, -0.15) is 0 Å². The highest BCUT2D eigenvalue weighted by atomic mass is 16.5. The molecule has 0 N–H and O–H groups in total. The summed E-state index contributed by atoms with van der Waals surface area (Å²) in [6, 6.07) is 8.67. The monoisotopic (exact) mass is 297 g/mol. The number of ether oxygens (including phenoxy) is 1. The van der Waals surface area contributed by atoms with Crippen molar-refractivity contribution in [3.8, 4) is 5.69 Å². The van der Waals surface area contributed by atoms with Crippen molar-refractivity contribution in [1.29, 1.82) is 0 Å². The lowest BCUT2D eigenvalue weighted by Gasteiger charge is -2.23. The van der Waals surface area contributed by atoms with Crippen LogP contribution < -0.4 is 11.4 Å². The second kappa shape index (κ2) is 4.71. The predicted molar refractivity (Wildman–Crippen MR) is 81.3 cm³/mol. The minimum absolute atomic E-state index is 0.281. The van der Waals surface area contributed by atoms with Crippen molar-refractivity contribution >= 4 is 0 Å². The molecule has 1 aromatic heterocycles.